The molecule has 3 heterocycles. The Bertz CT molecular complexity index is 1220. The molecule has 0 unspecified atom stereocenters. The summed E-state index contributed by atoms with van der Waals surface area (Å²) in [5, 5.41) is 3.79. The fourth-order valence-corrected chi connectivity index (χ4v) is 3.97. The highest BCUT2D eigenvalue weighted by molar-refractivity contribution is 7.16. The van der Waals surface area contributed by atoms with E-state index in [0.717, 1.165) is 37.4 Å². The van der Waals surface area contributed by atoms with E-state index in [-0.39, 0.29) is 0 Å². The molecule has 0 N–H and O–H groups in total. The Hall–Kier alpha value is -3.07. The lowest BCUT2D eigenvalue weighted by molar-refractivity contribution is -0.142. The van der Waals surface area contributed by atoms with Crippen molar-refractivity contribution in [2.45, 2.75) is 19.1 Å². The molecule has 140 valence electrons. The lowest BCUT2D eigenvalue weighted by atomic mass is 10.0. The Morgan fingerprint density at radius 1 is 1.11 bits per heavy atom. The summed E-state index contributed by atoms with van der Waals surface area (Å²) in [6, 6.07) is 6.04. The van der Waals surface area contributed by atoms with Gasteiger partial charge in [-0.25, -0.2) is 9.97 Å². The standard InChI is InChI=1S/C19H12F3N5S/c20-19(21,22)9-27-8-12(6-25-27)16-7-23-15-4-2-13(18(15)26-16)11-1-3-14-17(5-11)28-10-24-14/h1-3,5-8,10H,4,9H2. The molecule has 28 heavy (non-hydrogen) atoms. The van der Waals surface area contributed by atoms with Gasteiger partial charge in [-0.15, -0.1) is 11.3 Å². The zero-order chi connectivity index (χ0) is 19.3. The van der Waals surface area contributed by atoms with Gasteiger partial charge in [0, 0.05) is 23.8 Å². The fraction of sp³-hybridized carbons (Fsp3) is 0.158. The van der Waals surface area contributed by atoms with Crippen molar-refractivity contribution in [1.82, 2.24) is 24.7 Å². The molecular weight excluding hydrogens is 387 g/mol. The number of hydrogen-bond acceptors (Lipinski definition) is 5. The van der Waals surface area contributed by atoms with Gasteiger partial charge in [-0.1, -0.05) is 12.1 Å². The molecule has 9 heteroatoms. The molecule has 5 nitrogen and oxygen atoms in total. The summed E-state index contributed by atoms with van der Waals surface area (Å²) >= 11 is 1.57. The Morgan fingerprint density at radius 3 is 2.86 bits per heavy atom. The van der Waals surface area contributed by atoms with Crippen molar-refractivity contribution in [2.75, 3.05) is 0 Å². The summed E-state index contributed by atoms with van der Waals surface area (Å²) in [5.74, 6) is 0. The summed E-state index contributed by atoms with van der Waals surface area (Å²) < 4.78 is 39.6. The van der Waals surface area contributed by atoms with Crippen LogP contribution in [-0.4, -0.2) is 30.9 Å². The number of aromatic nitrogens is 5. The molecule has 3 aromatic heterocycles. The Kier molecular flexibility index (Phi) is 3.80. The SMILES string of the molecule is FC(F)(F)Cn1cc(-c2cnc3c(n2)C(c2ccc4ncsc4c2)=CC3)cn1. The summed E-state index contributed by atoms with van der Waals surface area (Å²) in [7, 11) is 0. The van der Waals surface area contributed by atoms with Gasteiger partial charge < -0.3 is 0 Å². The third kappa shape index (κ3) is 3.07. The second-order valence-electron chi connectivity index (χ2n) is 6.45. The van der Waals surface area contributed by atoms with Crippen LogP contribution in [0.15, 0.2) is 48.4 Å². The minimum atomic E-state index is -4.32. The molecule has 0 aliphatic heterocycles. The minimum absolute atomic E-state index is 0.499. The number of thiazole rings is 1. The van der Waals surface area contributed by atoms with Crippen LogP contribution in [0, 0.1) is 0 Å². The summed E-state index contributed by atoms with van der Waals surface area (Å²) in [4.78, 5) is 13.4. The quantitative estimate of drug-likeness (QED) is 0.509. The van der Waals surface area contributed by atoms with E-state index in [0.29, 0.717) is 17.7 Å². The average molecular weight is 399 g/mol. The molecular formula is C19H12F3N5S. The van der Waals surface area contributed by atoms with Gasteiger partial charge in [-0.05, 0) is 17.7 Å². The highest BCUT2D eigenvalue weighted by atomic mass is 32.1. The first-order valence-electron chi connectivity index (χ1n) is 8.46. The molecule has 0 amide bonds. The highest BCUT2D eigenvalue weighted by Crippen LogP contribution is 2.33. The molecule has 1 aromatic carbocycles. The van der Waals surface area contributed by atoms with Gasteiger partial charge in [-0.3, -0.25) is 9.67 Å². The van der Waals surface area contributed by atoms with Crippen LogP contribution >= 0.6 is 11.3 Å². The molecule has 1 aliphatic carbocycles. The smallest absolute Gasteiger partial charge is 0.263 e. The Labute approximate surface area is 161 Å². The molecule has 1 aliphatic rings. The van der Waals surface area contributed by atoms with E-state index in [9.17, 15) is 13.2 Å². The number of rotatable bonds is 3. The predicted octanol–water partition coefficient (Wildman–Crippen LogP) is 4.50. The number of halogens is 3. The largest absolute Gasteiger partial charge is 0.408 e. The molecule has 0 saturated heterocycles. The summed E-state index contributed by atoms with van der Waals surface area (Å²) in [5.41, 5.74) is 7.36. The normalized spacial score (nSPS) is 13.8. The van der Waals surface area contributed by atoms with Crippen molar-refractivity contribution in [3.05, 3.63) is 65.3 Å². The fourth-order valence-electron chi connectivity index (χ4n) is 3.26. The van der Waals surface area contributed by atoms with Gasteiger partial charge in [0.25, 0.3) is 0 Å². The van der Waals surface area contributed by atoms with Gasteiger partial charge in [0.2, 0.25) is 0 Å². The molecule has 0 atom stereocenters. The van der Waals surface area contributed by atoms with Gasteiger partial charge in [0.15, 0.2) is 0 Å². The summed E-state index contributed by atoms with van der Waals surface area (Å²) in [6.07, 6.45) is 2.72. The molecule has 0 saturated carbocycles. The lowest BCUT2D eigenvalue weighted by Crippen LogP contribution is -2.17. The second kappa shape index (κ2) is 6.23. The third-order valence-electron chi connectivity index (χ3n) is 4.52. The monoisotopic (exact) mass is 399 g/mol. The molecule has 5 rings (SSSR count). The van der Waals surface area contributed by atoms with Crippen LogP contribution in [0.2, 0.25) is 0 Å². The van der Waals surface area contributed by atoms with Crippen LogP contribution in [0.5, 0.6) is 0 Å². The van der Waals surface area contributed by atoms with Crippen molar-refractivity contribution >= 4 is 27.1 Å². The van der Waals surface area contributed by atoms with E-state index in [1.807, 2.05) is 17.6 Å². The predicted molar refractivity (Wildman–Crippen MR) is 99.7 cm³/mol. The number of hydrogen-bond donors (Lipinski definition) is 0. The Balaban J connectivity index is 1.50. The van der Waals surface area contributed by atoms with Crippen LogP contribution in [0.4, 0.5) is 13.2 Å². The highest BCUT2D eigenvalue weighted by Gasteiger charge is 2.28. The molecule has 0 radical (unpaired) electrons. The number of fused-ring (bicyclic) bond motifs is 2. The topological polar surface area (TPSA) is 56.5 Å². The minimum Gasteiger partial charge on any atom is -0.263 e. The first-order chi connectivity index (χ1) is 13.5. The second-order valence-corrected chi connectivity index (χ2v) is 7.34. The third-order valence-corrected chi connectivity index (χ3v) is 5.31. The van der Waals surface area contributed by atoms with Crippen molar-refractivity contribution in [3.8, 4) is 11.3 Å². The van der Waals surface area contributed by atoms with Gasteiger partial charge in [0.1, 0.15) is 6.54 Å². The maximum atomic E-state index is 12.6. The number of benzene rings is 1. The van der Waals surface area contributed by atoms with E-state index in [4.69, 9.17) is 0 Å². The van der Waals surface area contributed by atoms with E-state index in [1.165, 1.54) is 12.4 Å². The van der Waals surface area contributed by atoms with E-state index >= 15 is 0 Å². The molecule has 0 spiro atoms. The molecule has 0 bridgehead atoms. The number of nitrogens with zero attached hydrogens (tertiary/aromatic N) is 5. The van der Waals surface area contributed by atoms with Crippen LogP contribution in [0.25, 0.3) is 27.0 Å². The molecule has 4 aromatic rings. The van der Waals surface area contributed by atoms with Crippen LogP contribution < -0.4 is 0 Å². The van der Waals surface area contributed by atoms with Crippen LogP contribution in [-0.2, 0) is 13.0 Å². The van der Waals surface area contributed by atoms with Gasteiger partial charge in [-0.2, -0.15) is 18.3 Å². The maximum Gasteiger partial charge on any atom is 0.408 e. The van der Waals surface area contributed by atoms with Crippen LogP contribution in [0.1, 0.15) is 17.0 Å². The van der Waals surface area contributed by atoms with Crippen molar-refractivity contribution in [2.24, 2.45) is 0 Å². The number of allylic oxidation sites excluding steroid dienone is 1. The van der Waals surface area contributed by atoms with Crippen molar-refractivity contribution in [1.29, 1.82) is 0 Å². The first kappa shape index (κ1) is 17.1. The first-order valence-corrected chi connectivity index (χ1v) is 9.34. The van der Waals surface area contributed by atoms with Gasteiger partial charge in [0.05, 0.1) is 45.2 Å². The van der Waals surface area contributed by atoms with E-state index < -0.39 is 12.7 Å². The van der Waals surface area contributed by atoms with Crippen molar-refractivity contribution in [3.63, 3.8) is 0 Å². The zero-order valence-corrected chi connectivity index (χ0v) is 15.1. The average Bonchev–Trinajstić information content (AvgIpc) is 3.38. The van der Waals surface area contributed by atoms with E-state index in [2.05, 4.69) is 32.2 Å². The summed E-state index contributed by atoms with van der Waals surface area (Å²) in [6.45, 7) is -1.13. The molecule has 0 fully saturated rings. The van der Waals surface area contributed by atoms with Crippen LogP contribution in [0.3, 0.4) is 0 Å². The zero-order valence-electron chi connectivity index (χ0n) is 14.3. The van der Waals surface area contributed by atoms with Gasteiger partial charge >= 0.3 is 6.18 Å². The number of alkyl halides is 3. The maximum absolute atomic E-state index is 12.6. The van der Waals surface area contributed by atoms with E-state index in [1.54, 1.807) is 17.5 Å². The lowest BCUT2D eigenvalue weighted by Gasteiger charge is -2.07. The Morgan fingerprint density at radius 2 is 2.00 bits per heavy atom. The van der Waals surface area contributed by atoms with Crippen molar-refractivity contribution < 1.29 is 13.2 Å².